The van der Waals surface area contributed by atoms with Gasteiger partial charge in [0, 0.05) is 11.5 Å². The van der Waals surface area contributed by atoms with Crippen molar-refractivity contribution >= 4 is 21.6 Å². The van der Waals surface area contributed by atoms with E-state index in [2.05, 4.69) is 21.6 Å². The van der Waals surface area contributed by atoms with Gasteiger partial charge in [0.15, 0.2) is 0 Å². The van der Waals surface area contributed by atoms with Crippen LogP contribution in [0.3, 0.4) is 0 Å². The molecule has 0 atom stereocenters. The Balaban J connectivity index is 1.01. The maximum Gasteiger partial charge on any atom is 0.00706 e. The van der Waals surface area contributed by atoms with Crippen LogP contribution in [-0.4, -0.2) is 11.5 Å². The molecule has 0 amide bonds. The lowest BCUT2D eigenvalue weighted by Gasteiger charge is -2.55. The van der Waals surface area contributed by atoms with Crippen LogP contribution in [0.5, 0.6) is 0 Å². The summed E-state index contributed by atoms with van der Waals surface area (Å²) in [4.78, 5) is 0. The van der Waals surface area contributed by atoms with Gasteiger partial charge in [-0.3, -0.25) is 0 Å². The third-order valence-corrected chi connectivity index (χ3v) is 12.0. The van der Waals surface area contributed by atoms with Crippen molar-refractivity contribution in [3.05, 3.63) is 0 Å². The summed E-state index contributed by atoms with van der Waals surface area (Å²) >= 11 is 0. The summed E-state index contributed by atoms with van der Waals surface area (Å²) in [7, 11) is 4.59. The van der Waals surface area contributed by atoms with Gasteiger partial charge in [-0.25, -0.2) is 0 Å². The molecule has 8 rings (SSSR count). The highest BCUT2D eigenvalue weighted by molar-refractivity contribution is 8.76. The van der Waals surface area contributed by atoms with Crippen LogP contribution in [0.1, 0.15) is 64.2 Å². The molecule has 2 heteroatoms. The Hall–Kier alpha value is 0.700. The minimum atomic E-state index is 1.11. The summed E-state index contributed by atoms with van der Waals surface area (Å²) in [6.07, 6.45) is 16.1. The summed E-state index contributed by atoms with van der Waals surface area (Å²) in [5.41, 5.74) is 0. The van der Waals surface area contributed by atoms with Crippen LogP contribution in [0.15, 0.2) is 0 Å². The van der Waals surface area contributed by atoms with E-state index in [1.54, 1.807) is 64.2 Å². The molecule has 0 aromatic rings. The predicted molar refractivity (Wildman–Crippen MR) is 106 cm³/mol. The van der Waals surface area contributed by atoms with Crippen LogP contribution in [0.2, 0.25) is 0 Å². The second-order valence-corrected chi connectivity index (χ2v) is 13.3. The van der Waals surface area contributed by atoms with Crippen molar-refractivity contribution < 1.29 is 0 Å². The Morgan fingerprint density at radius 3 is 1.00 bits per heavy atom. The molecule has 0 saturated heterocycles. The fraction of sp³-hybridized carbons (Fsp3) is 1.00. The van der Waals surface area contributed by atoms with Gasteiger partial charge in [0.1, 0.15) is 0 Å². The van der Waals surface area contributed by atoms with E-state index >= 15 is 0 Å². The van der Waals surface area contributed by atoms with E-state index in [4.69, 9.17) is 0 Å². The zero-order chi connectivity index (χ0) is 15.7. The topological polar surface area (TPSA) is 0 Å². The van der Waals surface area contributed by atoms with E-state index in [0.29, 0.717) is 0 Å². The van der Waals surface area contributed by atoms with E-state index < -0.39 is 0 Å². The lowest BCUT2D eigenvalue weighted by molar-refractivity contribution is -0.0264. The van der Waals surface area contributed by atoms with Gasteiger partial charge in [0.2, 0.25) is 0 Å². The monoisotopic (exact) mass is 362 g/mol. The third kappa shape index (κ3) is 2.63. The van der Waals surface area contributed by atoms with Gasteiger partial charge in [-0.2, -0.15) is 0 Å². The summed E-state index contributed by atoms with van der Waals surface area (Å²) in [5, 5.41) is 0. The van der Waals surface area contributed by atoms with E-state index in [1.807, 2.05) is 0 Å². The largest absolute Gasteiger partial charge is 0.0938 e. The zero-order valence-electron chi connectivity index (χ0n) is 15.1. The van der Waals surface area contributed by atoms with E-state index in [-0.39, 0.29) is 0 Å². The molecule has 24 heavy (non-hydrogen) atoms. The molecule has 0 radical (unpaired) electrons. The van der Waals surface area contributed by atoms with Crippen LogP contribution < -0.4 is 0 Å². The molecule has 134 valence electrons. The first-order valence-corrected chi connectivity index (χ1v) is 13.5. The molecule has 0 N–H and O–H groups in total. The van der Waals surface area contributed by atoms with Gasteiger partial charge in [-0.15, -0.1) is 0 Å². The second-order valence-electron chi connectivity index (χ2n) is 10.8. The minimum absolute atomic E-state index is 1.11. The Morgan fingerprint density at radius 2 is 0.708 bits per heavy atom. The number of hydrogen-bond acceptors (Lipinski definition) is 2. The lowest BCUT2D eigenvalue weighted by Crippen LogP contribution is -2.46. The maximum absolute atomic E-state index is 2.29. The highest BCUT2D eigenvalue weighted by Gasteiger charge is 2.49. The Labute approximate surface area is 156 Å². The van der Waals surface area contributed by atoms with Gasteiger partial charge in [-0.1, -0.05) is 21.6 Å². The number of hydrogen-bond donors (Lipinski definition) is 0. The van der Waals surface area contributed by atoms with Crippen LogP contribution in [0.25, 0.3) is 0 Å². The Morgan fingerprint density at radius 1 is 0.417 bits per heavy atom. The summed E-state index contributed by atoms with van der Waals surface area (Å²) in [5.74, 6) is 14.3. The molecule has 8 saturated carbocycles. The highest BCUT2D eigenvalue weighted by Crippen LogP contribution is 2.59. The SMILES string of the molecule is C1C2CC3CC1CC(C2)C3CSSCC1C2CC3CC(C2)CC1C3. The van der Waals surface area contributed by atoms with Crippen LogP contribution in [-0.2, 0) is 0 Å². The molecule has 8 fully saturated rings. The molecule has 0 aliphatic heterocycles. The van der Waals surface area contributed by atoms with E-state index in [9.17, 15) is 0 Å². The fourth-order valence-electron chi connectivity index (χ4n) is 8.87. The maximum atomic E-state index is 2.29. The third-order valence-electron chi connectivity index (χ3n) is 9.45. The van der Waals surface area contributed by atoms with Gasteiger partial charge < -0.3 is 0 Å². The summed E-state index contributed by atoms with van der Waals surface area (Å²) in [6, 6.07) is 0. The summed E-state index contributed by atoms with van der Waals surface area (Å²) < 4.78 is 0. The zero-order valence-corrected chi connectivity index (χ0v) is 16.7. The Bertz CT molecular complexity index is 386. The van der Waals surface area contributed by atoms with Crippen molar-refractivity contribution in [2.45, 2.75) is 64.2 Å². The van der Waals surface area contributed by atoms with E-state index in [0.717, 1.165) is 59.2 Å². The molecule has 0 nitrogen and oxygen atoms in total. The molecule has 0 spiro atoms. The number of rotatable bonds is 5. The lowest BCUT2D eigenvalue weighted by atomic mass is 9.52. The molecule has 8 bridgehead atoms. The van der Waals surface area contributed by atoms with Gasteiger partial charge in [0.05, 0.1) is 0 Å². The van der Waals surface area contributed by atoms with Crippen molar-refractivity contribution in [3.8, 4) is 0 Å². The summed E-state index contributed by atoms with van der Waals surface area (Å²) in [6.45, 7) is 0. The van der Waals surface area contributed by atoms with Crippen LogP contribution >= 0.6 is 21.6 Å². The average molecular weight is 363 g/mol. The van der Waals surface area contributed by atoms with Crippen molar-refractivity contribution in [2.75, 3.05) is 11.5 Å². The predicted octanol–water partition coefficient (Wildman–Crippen LogP) is 6.51. The van der Waals surface area contributed by atoms with Crippen LogP contribution in [0, 0.1) is 59.2 Å². The van der Waals surface area contributed by atoms with Gasteiger partial charge >= 0.3 is 0 Å². The standard InChI is InChI=1S/C22H34S2/c1-13-3-17-5-14(1)6-18(4-13)21(17)11-23-24-12-22-19-7-15-2-16(9-19)10-20(22)8-15/h13-22H,1-12H2. The first-order valence-electron chi connectivity index (χ1n) is 11.1. The van der Waals surface area contributed by atoms with Gasteiger partial charge in [0.25, 0.3) is 0 Å². The molecule has 8 aliphatic rings. The smallest absolute Gasteiger partial charge is 0.00706 e. The highest BCUT2D eigenvalue weighted by atomic mass is 33.1. The normalized spacial score (nSPS) is 57.0. The molecule has 0 aromatic heterocycles. The average Bonchev–Trinajstić information content (AvgIpc) is 2.54. The molecule has 0 heterocycles. The van der Waals surface area contributed by atoms with Crippen molar-refractivity contribution in [3.63, 3.8) is 0 Å². The molecule has 8 aliphatic carbocycles. The molecular formula is C22H34S2. The van der Waals surface area contributed by atoms with Crippen molar-refractivity contribution in [2.24, 2.45) is 59.2 Å². The quantitative estimate of drug-likeness (QED) is 0.404. The first-order chi connectivity index (χ1) is 11.8. The first kappa shape index (κ1) is 15.7. The Kier molecular flexibility index (Phi) is 4.01. The fourth-order valence-corrected chi connectivity index (χ4v) is 12.0. The molecule has 0 aromatic carbocycles. The van der Waals surface area contributed by atoms with E-state index in [1.165, 1.54) is 11.5 Å². The molecular weight excluding hydrogens is 328 g/mol. The van der Waals surface area contributed by atoms with Crippen molar-refractivity contribution in [1.82, 2.24) is 0 Å². The van der Waals surface area contributed by atoms with Crippen LogP contribution in [0.4, 0.5) is 0 Å². The second kappa shape index (κ2) is 6.11. The molecule has 0 unspecified atom stereocenters. The van der Waals surface area contributed by atoms with Crippen molar-refractivity contribution in [1.29, 1.82) is 0 Å². The van der Waals surface area contributed by atoms with Gasteiger partial charge in [-0.05, 0) is 123 Å². The minimum Gasteiger partial charge on any atom is -0.0938 e.